The molecule has 2 N–H and O–H groups in total. The Morgan fingerprint density at radius 1 is 1.24 bits per heavy atom. The van der Waals surface area contributed by atoms with Gasteiger partial charge in [-0.2, -0.15) is 0 Å². The topological polar surface area (TPSA) is 93.3 Å². The predicted octanol–water partition coefficient (Wildman–Crippen LogP) is 4.25. The number of ether oxygens (including phenoxy) is 2. The summed E-state index contributed by atoms with van der Waals surface area (Å²) in [5.41, 5.74) is 1.55. The number of para-hydroxylation sites is 1. The van der Waals surface area contributed by atoms with Crippen LogP contribution in [-0.4, -0.2) is 29.6 Å². The van der Waals surface area contributed by atoms with Gasteiger partial charge in [0.2, 0.25) is 5.91 Å². The summed E-state index contributed by atoms with van der Waals surface area (Å²) in [5.74, 6) is 0.534. The van der Waals surface area contributed by atoms with Crippen LogP contribution in [0.5, 0.6) is 11.5 Å². The van der Waals surface area contributed by atoms with Crippen molar-refractivity contribution >= 4 is 23.5 Å². The van der Waals surface area contributed by atoms with Crippen molar-refractivity contribution < 1.29 is 18.7 Å². The Morgan fingerprint density at radius 3 is 2.76 bits per heavy atom. The molecule has 1 aliphatic heterocycles. The molecule has 7 nitrogen and oxygen atoms in total. The summed E-state index contributed by atoms with van der Waals surface area (Å²) < 4.78 is 24.4. The van der Waals surface area contributed by atoms with Crippen LogP contribution in [0.25, 0.3) is 0 Å². The number of halogens is 1. The average molecular weight is 468 g/mol. The highest BCUT2D eigenvalue weighted by molar-refractivity contribution is 7.98. The Kier molecular flexibility index (Phi) is 6.79. The van der Waals surface area contributed by atoms with Crippen LogP contribution >= 0.6 is 11.8 Å². The van der Waals surface area contributed by atoms with Crippen molar-refractivity contribution in [3.63, 3.8) is 0 Å². The number of thioether (sulfide) groups is 1. The van der Waals surface area contributed by atoms with Crippen LogP contribution in [0.2, 0.25) is 0 Å². The predicted molar refractivity (Wildman–Crippen MR) is 125 cm³/mol. The van der Waals surface area contributed by atoms with Gasteiger partial charge in [0.1, 0.15) is 18.2 Å². The van der Waals surface area contributed by atoms with Crippen molar-refractivity contribution in [2.75, 3.05) is 19.0 Å². The first-order chi connectivity index (χ1) is 16.0. The minimum absolute atomic E-state index is 0.0669. The molecule has 0 unspecified atom stereocenters. The molecule has 3 aromatic rings. The Labute approximate surface area is 194 Å². The number of hydrogen-bond donors (Lipinski definition) is 2. The number of aromatic nitrogens is 2. The number of nitrogens with zero attached hydrogens (tertiary/aromatic N) is 1. The number of amides is 1. The number of anilines is 1. The molecule has 0 bridgehead atoms. The molecule has 0 radical (unpaired) electrons. The summed E-state index contributed by atoms with van der Waals surface area (Å²) >= 11 is 1.29. The molecule has 0 aliphatic carbocycles. The molecule has 1 aromatic heterocycles. The van der Waals surface area contributed by atoms with E-state index in [9.17, 15) is 14.0 Å². The number of carbonyl (C=O) groups is 1. The zero-order valence-corrected chi connectivity index (χ0v) is 18.7. The second-order valence-electron chi connectivity index (χ2n) is 7.33. The van der Waals surface area contributed by atoms with Crippen molar-refractivity contribution in [3.05, 3.63) is 88.0 Å². The summed E-state index contributed by atoms with van der Waals surface area (Å²) in [5, 5.41) is 3.08. The second-order valence-corrected chi connectivity index (χ2v) is 8.30. The van der Waals surface area contributed by atoms with Gasteiger partial charge in [-0.1, -0.05) is 48.7 Å². The van der Waals surface area contributed by atoms with Crippen LogP contribution in [0, 0.1) is 5.82 Å². The third kappa shape index (κ3) is 4.93. The first kappa shape index (κ1) is 22.6. The largest absolute Gasteiger partial charge is 0.493 e. The van der Waals surface area contributed by atoms with Gasteiger partial charge in [0.05, 0.1) is 12.7 Å². The first-order valence-electron chi connectivity index (χ1n) is 10.2. The van der Waals surface area contributed by atoms with Gasteiger partial charge in [0, 0.05) is 23.7 Å². The van der Waals surface area contributed by atoms with E-state index in [2.05, 4.69) is 21.9 Å². The van der Waals surface area contributed by atoms with Gasteiger partial charge >= 0.3 is 0 Å². The Morgan fingerprint density at radius 2 is 2.03 bits per heavy atom. The van der Waals surface area contributed by atoms with E-state index in [1.54, 1.807) is 30.3 Å². The summed E-state index contributed by atoms with van der Waals surface area (Å²) in [6.07, 6.45) is 1.67. The summed E-state index contributed by atoms with van der Waals surface area (Å²) in [7, 11) is 1.53. The standard InChI is InChI=1S/C24H22FN3O4S/c1-3-11-32-21-16(5-4-6-18(21)31-2)17-12-19(29)26-22-20(17)23(30)28-24(27-22)33-13-14-7-9-15(25)10-8-14/h3-10,17H,1,11-13H2,2H3,(H2,26,27,28,29,30)/t17-/m1/s1. The van der Waals surface area contributed by atoms with Gasteiger partial charge in [0.15, 0.2) is 16.7 Å². The van der Waals surface area contributed by atoms with Crippen LogP contribution < -0.4 is 20.3 Å². The number of carbonyl (C=O) groups excluding carboxylic acids is 1. The van der Waals surface area contributed by atoms with Crippen LogP contribution in [-0.2, 0) is 10.5 Å². The van der Waals surface area contributed by atoms with E-state index in [0.717, 1.165) is 5.56 Å². The number of rotatable bonds is 8. The molecule has 170 valence electrons. The van der Waals surface area contributed by atoms with Gasteiger partial charge in [-0.3, -0.25) is 9.59 Å². The van der Waals surface area contributed by atoms with Crippen molar-refractivity contribution in [1.82, 2.24) is 9.97 Å². The number of methoxy groups -OCH3 is 1. The minimum Gasteiger partial charge on any atom is -0.493 e. The monoisotopic (exact) mass is 467 g/mol. The number of hydrogen-bond acceptors (Lipinski definition) is 6. The van der Waals surface area contributed by atoms with E-state index < -0.39 is 5.92 Å². The second kappa shape index (κ2) is 9.91. The lowest BCUT2D eigenvalue weighted by atomic mass is 9.86. The number of benzene rings is 2. The highest BCUT2D eigenvalue weighted by Gasteiger charge is 2.33. The minimum atomic E-state index is -0.559. The van der Waals surface area contributed by atoms with Crippen molar-refractivity contribution in [3.8, 4) is 11.5 Å². The van der Waals surface area contributed by atoms with Crippen molar-refractivity contribution in [2.24, 2.45) is 0 Å². The van der Waals surface area contributed by atoms with E-state index >= 15 is 0 Å². The molecule has 2 heterocycles. The maximum atomic E-state index is 13.1. The molecule has 0 saturated heterocycles. The number of H-pyrrole nitrogens is 1. The molecular formula is C24H22FN3O4S. The number of fused-ring (bicyclic) bond motifs is 1. The average Bonchev–Trinajstić information content (AvgIpc) is 2.81. The Balaban J connectivity index is 1.70. The number of aromatic amines is 1. The maximum Gasteiger partial charge on any atom is 0.257 e. The quantitative estimate of drug-likeness (QED) is 0.292. The molecule has 1 amide bonds. The summed E-state index contributed by atoms with van der Waals surface area (Å²) in [6.45, 7) is 3.92. The molecule has 33 heavy (non-hydrogen) atoms. The molecule has 0 spiro atoms. The molecule has 9 heteroatoms. The van der Waals surface area contributed by atoms with E-state index in [1.165, 1.54) is 31.0 Å². The van der Waals surface area contributed by atoms with E-state index in [0.29, 0.717) is 33.5 Å². The lowest BCUT2D eigenvalue weighted by Gasteiger charge is -2.26. The first-order valence-corrected chi connectivity index (χ1v) is 11.2. The van der Waals surface area contributed by atoms with Crippen LogP contribution in [0.1, 0.15) is 29.0 Å². The van der Waals surface area contributed by atoms with Gasteiger partial charge in [-0.15, -0.1) is 0 Å². The fraction of sp³-hybridized carbons (Fsp3) is 0.208. The van der Waals surface area contributed by atoms with Crippen LogP contribution in [0.4, 0.5) is 10.2 Å². The van der Waals surface area contributed by atoms with E-state index in [-0.39, 0.29) is 36.1 Å². The third-order valence-electron chi connectivity index (χ3n) is 5.17. The third-order valence-corrected chi connectivity index (χ3v) is 6.11. The zero-order valence-electron chi connectivity index (χ0n) is 17.9. The molecule has 0 fully saturated rings. The fourth-order valence-corrected chi connectivity index (χ4v) is 4.50. The Bertz CT molecular complexity index is 1240. The zero-order chi connectivity index (χ0) is 23.4. The summed E-state index contributed by atoms with van der Waals surface area (Å²) in [4.78, 5) is 32.9. The smallest absolute Gasteiger partial charge is 0.257 e. The lowest BCUT2D eigenvalue weighted by molar-refractivity contribution is -0.116. The SMILES string of the molecule is C=CCOc1c(OC)cccc1[C@H]1CC(=O)Nc2nc(SCc3ccc(F)cc3)[nH]c(=O)c21. The van der Waals surface area contributed by atoms with Crippen LogP contribution in [0.15, 0.2) is 65.1 Å². The van der Waals surface area contributed by atoms with Gasteiger partial charge in [0.25, 0.3) is 5.56 Å². The molecule has 4 rings (SSSR count). The molecule has 1 aliphatic rings. The summed E-state index contributed by atoms with van der Waals surface area (Å²) in [6, 6.07) is 11.5. The van der Waals surface area contributed by atoms with Gasteiger partial charge in [-0.25, -0.2) is 9.37 Å². The van der Waals surface area contributed by atoms with Crippen LogP contribution in [0.3, 0.4) is 0 Å². The normalized spacial score (nSPS) is 14.8. The highest BCUT2D eigenvalue weighted by atomic mass is 32.2. The van der Waals surface area contributed by atoms with Crippen molar-refractivity contribution in [2.45, 2.75) is 23.2 Å². The Hall–Kier alpha value is -3.59. The van der Waals surface area contributed by atoms with E-state index in [1.807, 2.05) is 6.07 Å². The lowest BCUT2D eigenvalue weighted by Crippen LogP contribution is -2.31. The maximum absolute atomic E-state index is 13.1. The molecule has 0 saturated carbocycles. The molecular weight excluding hydrogens is 445 g/mol. The fourth-order valence-electron chi connectivity index (χ4n) is 3.68. The molecule has 2 aromatic carbocycles. The van der Waals surface area contributed by atoms with Gasteiger partial charge in [-0.05, 0) is 23.8 Å². The molecule has 1 atom stereocenters. The van der Waals surface area contributed by atoms with Crippen molar-refractivity contribution in [1.29, 1.82) is 0 Å². The van der Waals surface area contributed by atoms with Gasteiger partial charge < -0.3 is 19.8 Å². The highest BCUT2D eigenvalue weighted by Crippen LogP contribution is 2.42. The number of nitrogens with one attached hydrogen (secondary N) is 2. The van der Waals surface area contributed by atoms with E-state index in [4.69, 9.17) is 9.47 Å².